The molecule has 0 radical (unpaired) electrons. The molecule has 3 heteroatoms. The van der Waals surface area contributed by atoms with Gasteiger partial charge in [-0.15, -0.1) is 5.10 Å². The molecule has 0 unspecified atom stereocenters. The van der Waals surface area contributed by atoms with Crippen LogP contribution in [-0.4, -0.2) is 9.59 Å². The zero-order chi connectivity index (χ0) is 6.69. The maximum Gasteiger partial charge on any atom is 0.0981 e. The zero-order valence-corrected chi connectivity index (χ0v) is 6.27. The largest absolute Gasteiger partial charge is 0.139 e. The summed E-state index contributed by atoms with van der Waals surface area (Å²) in [5.41, 5.74) is 2.21. The van der Waals surface area contributed by atoms with Gasteiger partial charge in [0.2, 0.25) is 0 Å². The van der Waals surface area contributed by atoms with Crippen LogP contribution in [0.1, 0.15) is 19.5 Å². The first-order valence-electron chi connectivity index (χ1n) is 2.71. The monoisotopic (exact) mass is 140 g/mol. The van der Waals surface area contributed by atoms with E-state index in [0.29, 0.717) is 0 Å². The van der Waals surface area contributed by atoms with Gasteiger partial charge in [0.15, 0.2) is 0 Å². The van der Waals surface area contributed by atoms with Crippen molar-refractivity contribution in [3.05, 3.63) is 16.6 Å². The first kappa shape index (κ1) is 6.42. The molecule has 1 aromatic heterocycles. The zero-order valence-electron chi connectivity index (χ0n) is 5.46. The van der Waals surface area contributed by atoms with Crippen molar-refractivity contribution in [3.63, 3.8) is 0 Å². The molecule has 0 atom stereocenters. The predicted molar refractivity (Wildman–Crippen MR) is 39.2 cm³/mol. The number of aromatic nitrogens is 2. The van der Waals surface area contributed by atoms with Crippen LogP contribution in [0.2, 0.25) is 0 Å². The summed E-state index contributed by atoms with van der Waals surface area (Å²) in [6.07, 6.45) is 2.00. The van der Waals surface area contributed by atoms with E-state index in [0.717, 1.165) is 5.69 Å². The summed E-state index contributed by atoms with van der Waals surface area (Å²) in [5, 5.41) is 5.77. The molecule has 0 amide bonds. The molecule has 0 bridgehead atoms. The van der Waals surface area contributed by atoms with E-state index in [4.69, 9.17) is 0 Å². The van der Waals surface area contributed by atoms with Crippen LogP contribution >= 0.6 is 11.5 Å². The molecule has 0 fully saturated rings. The third-order valence-electron chi connectivity index (χ3n) is 0.813. The molecule has 48 valence electrons. The Balaban J connectivity index is 2.80. The van der Waals surface area contributed by atoms with Crippen molar-refractivity contribution in [2.45, 2.75) is 13.8 Å². The second kappa shape index (κ2) is 2.73. The van der Waals surface area contributed by atoms with Crippen LogP contribution in [0.5, 0.6) is 0 Å². The van der Waals surface area contributed by atoms with Crippen molar-refractivity contribution in [1.29, 1.82) is 0 Å². The molecule has 1 heterocycles. The van der Waals surface area contributed by atoms with Crippen molar-refractivity contribution in [1.82, 2.24) is 9.59 Å². The molecule has 0 aliphatic heterocycles. The molecular formula is C6H8N2S. The molecular weight excluding hydrogens is 132 g/mol. The average molecular weight is 140 g/mol. The molecule has 0 aliphatic rings. The van der Waals surface area contributed by atoms with Gasteiger partial charge in [0.25, 0.3) is 0 Å². The second-order valence-corrected chi connectivity index (χ2v) is 2.66. The summed E-state index contributed by atoms with van der Waals surface area (Å²) >= 11 is 1.38. The number of hydrogen-bond donors (Lipinski definition) is 0. The van der Waals surface area contributed by atoms with Crippen molar-refractivity contribution >= 4 is 17.6 Å². The Morgan fingerprint density at radius 1 is 1.67 bits per heavy atom. The Morgan fingerprint density at radius 2 is 2.44 bits per heavy atom. The number of allylic oxidation sites excluding steroid dienone is 1. The Kier molecular flexibility index (Phi) is 1.95. The third-order valence-corrected chi connectivity index (χ3v) is 1.34. The minimum Gasteiger partial charge on any atom is -0.139 e. The summed E-state index contributed by atoms with van der Waals surface area (Å²) in [6.45, 7) is 4.08. The van der Waals surface area contributed by atoms with E-state index in [9.17, 15) is 0 Å². The van der Waals surface area contributed by atoms with Gasteiger partial charge in [-0.3, -0.25) is 0 Å². The predicted octanol–water partition coefficient (Wildman–Crippen LogP) is 1.96. The highest BCUT2D eigenvalue weighted by molar-refractivity contribution is 7.03. The Morgan fingerprint density at radius 3 is 2.89 bits per heavy atom. The molecule has 0 aromatic carbocycles. The van der Waals surface area contributed by atoms with E-state index < -0.39 is 0 Å². The van der Waals surface area contributed by atoms with Crippen LogP contribution < -0.4 is 0 Å². The van der Waals surface area contributed by atoms with Gasteiger partial charge in [0, 0.05) is 5.38 Å². The topological polar surface area (TPSA) is 25.8 Å². The molecule has 0 saturated carbocycles. The van der Waals surface area contributed by atoms with Crippen molar-refractivity contribution in [2.75, 3.05) is 0 Å². The number of rotatable bonds is 1. The highest BCUT2D eigenvalue weighted by Gasteiger charge is 1.87. The fraction of sp³-hybridized carbons (Fsp3) is 0.333. The van der Waals surface area contributed by atoms with Gasteiger partial charge in [-0.2, -0.15) is 0 Å². The fourth-order valence-corrected chi connectivity index (χ4v) is 0.942. The maximum atomic E-state index is 3.85. The van der Waals surface area contributed by atoms with Gasteiger partial charge in [-0.25, -0.2) is 0 Å². The second-order valence-electron chi connectivity index (χ2n) is 2.05. The molecule has 0 saturated heterocycles. The van der Waals surface area contributed by atoms with Gasteiger partial charge >= 0.3 is 0 Å². The smallest absolute Gasteiger partial charge is 0.0981 e. The van der Waals surface area contributed by atoms with E-state index >= 15 is 0 Å². The summed E-state index contributed by atoms with van der Waals surface area (Å²) in [4.78, 5) is 0. The van der Waals surface area contributed by atoms with E-state index in [2.05, 4.69) is 9.59 Å². The molecule has 0 spiro atoms. The summed E-state index contributed by atoms with van der Waals surface area (Å²) in [7, 11) is 0. The van der Waals surface area contributed by atoms with Gasteiger partial charge < -0.3 is 0 Å². The highest BCUT2D eigenvalue weighted by atomic mass is 32.1. The standard InChI is InChI=1S/C6H8N2S/c1-5(2)3-6-4-9-8-7-6/h3-4H,1-2H3. The quantitative estimate of drug-likeness (QED) is 0.596. The first-order chi connectivity index (χ1) is 4.29. The SMILES string of the molecule is CC(C)=Cc1csnn1. The lowest BCUT2D eigenvalue weighted by atomic mass is 10.3. The number of hydrogen-bond acceptors (Lipinski definition) is 3. The Bertz CT molecular complexity index is 197. The lowest BCUT2D eigenvalue weighted by Crippen LogP contribution is -1.71. The first-order valence-corrected chi connectivity index (χ1v) is 3.54. The van der Waals surface area contributed by atoms with Crippen LogP contribution in [0, 0.1) is 0 Å². The van der Waals surface area contributed by atoms with E-state index in [1.54, 1.807) is 0 Å². The Hall–Kier alpha value is -0.700. The van der Waals surface area contributed by atoms with Gasteiger partial charge in [0.05, 0.1) is 5.69 Å². The van der Waals surface area contributed by atoms with Crippen LogP contribution in [0.15, 0.2) is 11.0 Å². The van der Waals surface area contributed by atoms with Crippen molar-refractivity contribution < 1.29 is 0 Å². The minimum atomic E-state index is 0.958. The van der Waals surface area contributed by atoms with E-state index in [1.165, 1.54) is 17.1 Å². The highest BCUT2D eigenvalue weighted by Crippen LogP contribution is 2.02. The lowest BCUT2D eigenvalue weighted by Gasteiger charge is -1.82. The van der Waals surface area contributed by atoms with Crippen LogP contribution in [0.3, 0.4) is 0 Å². The number of nitrogens with zero attached hydrogens (tertiary/aromatic N) is 2. The minimum absolute atomic E-state index is 0.958. The maximum absolute atomic E-state index is 3.85. The molecule has 1 rings (SSSR count). The van der Waals surface area contributed by atoms with Crippen LogP contribution in [-0.2, 0) is 0 Å². The molecule has 0 aliphatic carbocycles. The molecule has 0 N–H and O–H groups in total. The van der Waals surface area contributed by atoms with E-state index in [1.807, 2.05) is 25.3 Å². The summed E-state index contributed by atoms with van der Waals surface area (Å²) in [6, 6.07) is 0. The van der Waals surface area contributed by atoms with Crippen LogP contribution in [0.4, 0.5) is 0 Å². The summed E-state index contributed by atoms with van der Waals surface area (Å²) < 4.78 is 3.72. The fourth-order valence-electron chi connectivity index (χ4n) is 0.531. The molecule has 1 aromatic rings. The van der Waals surface area contributed by atoms with Gasteiger partial charge in [-0.1, -0.05) is 10.1 Å². The van der Waals surface area contributed by atoms with Crippen molar-refractivity contribution in [2.24, 2.45) is 0 Å². The lowest BCUT2D eigenvalue weighted by molar-refractivity contribution is 1.13. The molecule has 2 nitrogen and oxygen atoms in total. The normalized spacial score (nSPS) is 9.11. The van der Waals surface area contributed by atoms with Crippen molar-refractivity contribution in [3.8, 4) is 0 Å². The molecule has 9 heavy (non-hydrogen) atoms. The van der Waals surface area contributed by atoms with Gasteiger partial charge in [0.1, 0.15) is 0 Å². The van der Waals surface area contributed by atoms with Crippen LogP contribution in [0.25, 0.3) is 6.08 Å². The van der Waals surface area contributed by atoms with Gasteiger partial charge in [-0.05, 0) is 31.5 Å². The summed E-state index contributed by atoms with van der Waals surface area (Å²) in [5.74, 6) is 0. The average Bonchev–Trinajstić information content (AvgIpc) is 2.15. The van der Waals surface area contributed by atoms with E-state index in [-0.39, 0.29) is 0 Å². The Labute approximate surface area is 58.4 Å². The third kappa shape index (κ3) is 1.93.